The van der Waals surface area contributed by atoms with Gasteiger partial charge in [-0.15, -0.1) is 0 Å². The zero-order valence-electron chi connectivity index (χ0n) is 15.8. The van der Waals surface area contributed by atoms with Crippen LogP contribution in [0.4, 0.5) is 0 Å². The molecule has 2 aliphatic rings. The number of piperidine rings is 1. The number of aliphatic carboxylic acids is 1. The van der Waals surface area contributed by atoms with Gasteiger partial charge >= 0.3 is 5.97 Å². The van der Waals surface area contributed by atoms with Gasteiger partial charge in [-0.3, -0.25) is 14.4 Å². The molecule has 1 atom stereocenters. The molecule has 1 aromatic rings. The highest BCUT2D eigenvalue weighted by Crippen LogP contribution is 2.41. The summed E-state index contributed by atoms with van der Waals surface area (Å²) in [6, 6.07) is 9.76. The first-order chi connectivity index (χ1) is 13.0. The maximum atomic E-state index is 12.9. The molecule has 27 heavy (non-hydrogen) atoms. The van der Waals surface area contributed by atoms with Crippen molar-refractivity contribution in [3.63, 3.8) is 0 Å². The molecule has 6 heteroatoms. The number of carboxylic acids is 1. The Hall–Kier alpha value is -2.37. The number of rotatable bonds is 6. The quantitative estimate of drug-likeness (QED) is 0.752. The van der Waals surface area contributed by atoms with Crippen molar-refractivity contribution in [3.8, 4) is 0 Å². The van der Waals surface area contributed by atoms with Crippen molar-refractivity contribution in [2.45, 2.75) is 57.4 Å². The zero-order valence-corrected chi connectivity index (χ0v) is 15.8. The Morgan fingerprint density at radius 2 is 1.81 bits per heavy atom. The van der Waals surface area contributed by atoms with Crippen LogP contribution in [0.1, 0.15) is 56.9 Å². The minimum absolute atomic E-state index is 0.0600. The molecule has 1 heterocycles. The maximum absolute atomic E-state index is 12.9. The van der Waals surface area contributed by atoms with Crippen LogP contribution in [0.2, 0.25) is 0 Å². The summed E-state index contributed by atoms with van der Waals surface area (Å²) in [5.41, 5.74) is -0.193. The summed E-state index contributed by atoms with van der Waals surface area (Å²) in [6.45, 7) is 3.20. The second-order valence-electron chi connectivity index (χ2n) is 7.69. The monoisotopic (exact) mass is 372 g/mol. The van der Waals surface area contributed by atoms with Gasteiger partial charge in [0.15, 0.2) is 0 Å². The molecule has 1 saturated carbocycles. The van der Waals surface area contributed by atoms with Crippen LogP contribution in [-0.2, 0) is 14.4 Å². The molecule has 0 aromatic heterocycles. The van der Waals surface area contributed by atoms with Crippen molar-refractivity contribution < 1.29 is 19.5 Å². The second-order valence-corrected chi connectivity index (χ2v) is 7.69. The SMILES string of the molecule is CCC(C(=O)N1CCC(NC(=O)C2(C(=O)O)CCC2)CC1)c1ccccc1. The van der Waals surface area contributed by atoms with E-state index in [1.165, 1.54) is 0 Å². The summed E-state index contributed by atoms with van der Waals surface area (Å²) in [5, 5.41) is 12.3. The van der Waals surface area contributed by atoms with Crippen LogP contribution in [0.15, 0.2) is 30.3 Å². The largest absolute Gasteiger partial charge is 0.480 e. The number of hydrogen-bond acceptors (Lipinski definition) is 3. The van der Waals surface area contributed by atoms with Crippen LogP contribution >= 0.6 is 0 Å². The van der Waals surface area contributed by atoms with E-state index < -0.39 is 11.4 Å². The highest BCUT2D eigenvalue weighted by Gasteiger charge is 2.51. The summed E-state index contributed by atoms with van der Waals surface area (Å²) < 4.78 is 0. The van der Waals surface area contributed by atoms with E-state index in [0.29, 0.717) is 38.8 Å². The van der Waals surface area contributed by atoms with Gasteiger partial charge < -0.3 is 15.3 Å². The van der Waals surface area contributed by atoms with E-state index in [-0.39, 0.29) is 23.8 Å². The summed E-state index contributed by atoms with van der Waals surface area (Å²) in [7, 11) is 0. The van der Waals surface area contributed by atoms with Gasteiger partial charge in [0.05, 0.1) is 5.92 Å². The molecule has 1 aromatic carbocycles. The molecule has 3 rings (SSSR count). The second kappa shape index (κ2) is 8.11. The van der Waals surface area contributed by atoms with Crippen molar-refractivity contribution in [1.82, 2.24) is 10.2 Å². The van der Waals surface area contributed by atoms with Gasteiger partial charge in [-0.2, -0.15) is 0 Å². The van der Waals surface area contributed by atoms with Crippen molar-refractivity contribution >= 4 is 17.8 Å². The fraction of sp³-hybridized carbons (Fsp3) is 0.571. The first kappa shape index (κ1) is 19.4. The molecule has 2 N–H and O–H groups in total. The Kier molecular flexibility index (Phi) is 5.82. The Balaban J connectivity index is 1.55. The van der Waals surface area contributed by atoms with Gasteiger partial charge in [0, 0.05) is 19.1 Å². The minimum Gasteiger partial charge on any atom is -0.480 e. The maximum Gasteiger partial charge on any atom is 0.319 e. The third kappa shape index (κ3) is 3.84. The normalized spacial score (nSPS) is 20.4. The highest BCUT2D eigenvalue weighted by atomic mass is 16.4. The first-order valence-corrected chi connectivity index (χ1v) is 9.86. The number of carboxylic acid groups (broad SMARTS) is 1. The zero-order chi connectivity index (χ0) is 19.4. The standard InChI is InChI=1S/C21H28N2O4/c1-2-17(15-7-4-3-5-8-15)18(24)23-13-9-16(10-14-23)22-19(25)21(20(26)27)11-6-12-21/h3-5,7-8,16-17H,2,6,9-14H2,1H3,(H,22,25)(H,26,27). The van der Waals surface area contributed by atoms with Crippen molar-refractivity contribution in [2.24, 2.45) is 5.41 Å². The van der Waals surface area contributed by atoms with E-state index in [1.54, 1.807) is 0 Å². The average Bonchev–Trinajstić information content (AvgIpc) is 2.62. The first-order valence-electron chi connectivity index (χ1n) is 9.86. The summed E-state index contributed by atoms with van der Waals surface area (Å²) >= 11 is 0. The van der Waals surface area contributed by atoms with E-state index in [0.717, 1.165) is 18.4 Å². The van der Waals surface area contributed by atoms with Crippen molar-refractivity contribution in [3.05, 3.63) is 35.9 Å². The van der Waals surface area contributed by atoms with Crippen LogP contribution in [0, 0.1) is 5.41 Å². The lowest BCUT2D eigenvalue weighted by atomic mass is 9.68. The number of hydrogen-bond donors (Lipinski definition) is 2. The van der Waals surface area contributed by atoms with Crippen molar-refractivity contribution in [2.75, 3.05) is 13.1 Å². The predicted octanol–water partition coefficient (Wildman–Crippen LogP) is 2.54. The Bertz CT molecular complexity index is 691. The molecule has 0 spiro atoms. The predicted molar refractivity (Wildman–Crippen MR) is 101 cm³/mol. The van der Waals surface area contributed by atoms with Gasteiger partial charge in [0.1, 0.15) is 5.41 Å². The van der Waals surface area contributed by atoms with E-state index >= 15 is 0 Å². The minimum atomic E-state index is -1.23. The van der Waals surface area contributed by atoms with E-state index in [2.05, 4.69) is 5.32 Å². The molecule has 2 fully saturated rings. The van der Waals surface area contributed by atoms with E-state index in [4.69, 9.17) is 0 Å². The molecule has 0 radical (unpaired) electrons. The molecule has 146 valence electrons. The number of likely N-dealkylation sites (tertiary alicyclic amines) is 1. The van der Waals surface area contributed by atoms with Crippen molar-refractivity contribution in [1.29, 1.82) is 0 Å². The molecule has 1 saturated heterocycles. The molecule has 1 aliphatic carbocycles. The summed E-state index contributed by atoms with van der Waals surface area (Å²) in [5.74, 6) is -1.38. The smallest absolute Gasteiger partial charge is 0.319 e. The molecule has 0 bridgehead atoms. The van der Waals surface area contributed by atoms with Crippen LogP contribution < -0.4 is 5.32 Å². The van der Waals surface area contributed by atoms with Gasteiger partial charge in [0.25, 0.3) is 0 Å². The summed E-state index contributed by atoms with van der Waals surface area (Å²) in [6.07, 6.45) is 3.70. The molecular weight excluding hydrogens is 344 g/mol. The van der Waals surface area contributed by atoms with Gasteiger partial charge in [-0.25, -0.2) is 0 Å². The molecular formula is C21H28N2O4. The molecule has 2 amide bonds. The molecule has 1 unspecified atom stereocenters. The Morgan fingerprint density at radius 1 is 1.19 bits per heavy atom. The third-order valence-electron chi connectivity index (χ3n) is 6.10. The van der Waals surface area contributed by atoms with Gasteiger partial charge in [-0.1, -0.05) is 43.7 Å². The van der Waals surface area contributed by atoms with Gasteiger partial charge in [0.2, 0.25) is 11.8 Å². The lowest BCUT2D eigenvalue weighted by molar-refractivity contribution is -0.162. The van der Waals surface area contributed by atoms with Crippen LogP contribution in [0.25, 0.3) is 0 Å². The number of carbonyl (C=O) groups excluding carboxylic acids is 2. The number of nitrogens with one attached hydrogen (secondary N) is 1. The third-order valence-corrected chi connectivity index (χ3v) is 6.10. The van der Waals surface area contributed by atoms with E-state index in [1.807, 2.05) is 42.2 Å². The average molecular weight is 372 g/mol. The highest BCUT2D eigenvalue weighted by molar-refractivity contribution is 6.03. The topological polar surface area (TPSA) is 86.7 Å². The number of carbonyl (C=O) groups is 3. The van der Waals surface area contributed by atoms with Crippen LogP contribution in [0.3, 0.4) is 0 Å². The molecule has 6 nitrogen and oxygen atoms in total. The lowest BCUT2D eigenvalue weighted by Crippen LogP contribution is -2.55. The van der Waals surface area contributed by atoms with Crippen LogP contribution in [0.5, 0.6) is 0 Å². The Morgan fingerprint density at radius 3 is 2.30 bits per heavy atom. The fourth-order valence-corrected chi connectivity index (χ4v) is 4.09. The molecule has 1 aliphatic heterocycles. The van der Waals surface area contributed by atoms with Gasteiger partial charge in [-0.05, 0) is 37.7 Å². The lowest BCUT2D eigenvalue weighted by Gasteiger charge is -2.39. The number of benzene rings is 1. The van der Waals surface area contributed by atoms with Crippen LogP contribution in [-0.4, -0.2) is 46.9 Å². The summed E-state index contributed by atoms with van der Waals surface area (Å²) in [4.78, 5) is 38.7. The number of amides is 2. The fourth-order valence-electron chi connectivity index (χ4n) is 4.09. The Labute approximate surface area is 159 Å². The van der Waals surface area contributed by atoms with E-state index in [9.17, 15) is 19.5 Å². The number of nitrogens with zero attached hydrogens (tertiary/aromatic N) is 1.